The molecule has 0 saturated heterocycles. The van der Waals surface area contributed by atoms with Gasteiger partial charge in [-0.2, -0.15) is 0 Å². The number of rotatable bonds is 2. The van der Waals surface area contributed by atoms with Crippen LogP contribution < -0.4 is 0 Å². The molecule has 0 aromatic carbocycles. The molecule has 0 aliphatic heterocycles. The Bertz CT molecular complexity index is 123. The van der Waals surface area contributed by atoms with Gasteiger partial charge in [-0.05, 0) is 0 Å². The molecule has 39 valence electrons. The summed E-state index contributed by atoms with van der Waals surface area (Å²) in [6.07, 6.45) is 0. The van der Waals surface area contributed by atoms with Crippen LogP contribution in [0, 0.1) is 0 Å². The molecule has 1 N–H and O–H groups in total. The van der Waals surface area contributed by atoms with Crippen molar-refractivity contribution in [2.75, 3.05) is 0 Å². The summed E-state index contributed by atoms with van der Waals surface area (Å²) in [6.45, 7) is 0. The molecule has 0 bridgehead atoms. The van der Waals surface area contributed by atoms with Crippen LogP contribution in [0.5, 0.6) is 0 Å². The van der Waals surface area contributed by atoms with Crippen LogP contribution in [0.2, 0.25) is 0 Å². The Morgan fingerprint density at radius 1 is 1.71 bits per heavy atom. The normalized spacial score (nSPS) is 11.9. The van der Waals surface area contributed by atoms with E-state index in [1.54, 1.807) is 0 Å². The summed E-state index contributed by atoms with van der Waals surface area (Å²) >= 11 is 0.182. The minimum atomic E-state index is -4.16. The fourth-order valence-electron chi connectivity index (χ4n) is 0.0608. The van der Waals surface area contributed by atoms with Crippen LogP contribution in [0.4, 0.5) is 0 Å². The Kier molecular flexibility index (Phi) is 3.77. The van der Waals surface area contributed by atoms with Gasteiger partial charge in [0.25, 0.3) is 0 Å². The van der Waals surface area contributed by atoms with Gasteiger partial charge in [0, 0.05) is 0 Å². The SMILES string of the molecule is O=S(=O)(O)O[S][Hg]. The van der Waals surface area contributed by atoms with Crippen LogP contribution in [-0.2, 0) is 38.6 Å². The number of hydrogen-bond acceptors (Lipinski definition) is 4. The van der Waals surface area contributed by atoms with Crippen molar-refractivity contribution in [1.82, 2.24) is 0 Å². The zero-order valence-electron chi connectivity index (χ0n) is 3.20. The van der Waals surface area contributed by atoms with E-state index in [0.717, 1.165) is 8.52 Å². The van der Waals surface area contributed by atoms with E-state index < -0.39 is 10.4 Å². The molecule has 0 spiro atoms. The van der Waals surface area contributed by atoms with Gasteiger partial charge in [0.15, 0.2) is 0 Å². The van der Waals surface area contributed by atoms with Gasteiger partial charge in [-0.3, -0.25) is 0 Å². The maximum atomic E-state index is 9.57. The van der Waals surface area contributed by atoms with E-state index in [4.69, 9.17) is 4.55 Å². The van der Waals surface area contributed by atoms with Gasteiger partial charge < -0.3 is 0 Å². The predicted molar refractivity (Wildman–Crippen MR) is 20.2 cm³/mol. The van der Waals surface area contributed by atoms with Crippen molar-refractivity contribution >= 4 is 18.9 Å². The van der Waals surface area contributed by atoms with Crippen LogP contribution in [0.3, 0.4) is 0 Å². The first-order chi connectivity index (χ1) is 3.06. The first-order valence-electron chi connectivity index (χ1n) is 1.14. The van der Waals surface area contributed by atoms with E-state index in [1.807, 2.05) is 0 Å². The molecule has 0 amide bonds. The predicted octanol–water partition coefficient (Wildman–Crippen LogP) is -0.0842. The van der Waals surface area contributed by atoms with Gasteiger partial charge in [-0.15, -0.1) is 0 Å². The quantitative estimate of drug-likeness (QED) is 0.436. The molecule has 7 heavy (non-hydrogen) atoms. The van der Waals surface area contributed by atoms with Crippen LogP contribution >= 0.6 is 8.52 Å². The molecule has 0 radical (unpaired) electrons. The molecule has 0 unspecified atom stereocenters. The molecule has 0 aliphatic rings. The van der Waals surface area contributed by atoms with E-state index in [9.17, 15) is 8.42 Å². The summed E-state index contributed by atoms with van der Waals surface area (Å²) in [5, 5.41) is 0. The minimum absolute atomic E-state index is 0.182. The molecule has 0 aromatic rings. The van der Waals surface area contributed by atoms with Gasteiger partial charge in [0.1, 0.15) is 0 Å². The molecule has 0 atom stereocenters. The van der Waals surface area contributed by atoms with Gasteiger partial charge in [-0.1, -0.05) is 0 Å². The van der Waals surface area contributed by atoms with Crippen LogP contribution in [-0.4, -0.2) is 13.0 Å². The van der Waals surface area contributed by atoms with Crippen molar-refractivity contribution in [2.24, 2.45) is 0 Å². The van der Waals surface area contributed by atoms with E-state index in [2.05, 4.69) is 3.63 Å². The monoisotopic (exact) mass is 331 g/mol. The van der Waals surface area contributed by atoms with Gasteiger partial charge in [0.2, 0.25) is 0 Å². The van der Waals surface area contributed by atoms with Crippen molar-refractivity contribution in [3.05, 3.63) is 0 Å². The Balaban J connectivity index is 3.60. The van der Waals surface area contributed by atoms with Gasteiger partial charge in [-0.25, -0.2) is 0 Å². The van der Waals surface area contributed by atoms with Gasteiger partial charge in [0.05, 0.1) is 0 Å². The molecular weight excluding hydrogens is 329 g/mol. The van der Waals surface area contributed by atoms with E-state index in [-0.39, 0.29) is 24.6 Å². The third-order valence-electron chi connectivity index (χ3n) is 0.134. The van der Waals surface area contributed by atoms with E-state index >= 15 is 0 Å². The fourth-order valence-corrected chi connectivity index (χ4v) is 4.80. The van der Waals surface area contributed by atoms with Crippen molar-refractivity contribution in [2.45, 2.75) is 0 Å². The molecule has 4 nitrogen and oxygen atoms in total. The summed E-state index contributed by atoms with van der Waals surface area (Å²) in [7, 11) is -3.40. The van der Waals surface area contributed by atoms with E-state index in [0.29, 0.717) is 0 Å². The molecule has 0 fully saturated rings. The first-order valence-corrected chi connectivity index (χ1v) is 10.1. The second kappa shape index (κ2) is 3.23. The molecule has 0 saturated carbocycles. The van der Waals surface area contributed by atoms with Crippen LogP contribution in [0.1, 0.15) is 0 Å². The molecule has 7 heteroatoms. The Morgan fingerprint density at radius 2 is 2.14 bits per heavy atom. The zero-order valence-corrected chi connectivity index (χ0v) is 10.3. The van der Waals surface area contributed by atoms with Crippen LogP contribution in [0.25, 0.3) is 0 Å². The third kappa shape index (κ3) is 7.16. The van der Waals surface area contributed by atoms with Gasteiger partial charge >= 0.3 is 60.1 Å². The average Bonchev–Trinajstić information content (AvgIpc) is 1.30. The Hall–Kier alpha value is 1.16. The van der Waals surface area contributed by atoms with Crippen LogP contribution in [0.15, 0.2) is 0 Å². The number of hydrogen-bond donors (Lipinski definition) is 1. The Morgan fingerprint density at radius 3 is 2.14 bits per heavy atom. The maximum absolute atomic E-state index is 9.57. The molecule has 0 heterocycles. The summed E-state index contributed by atoms with van der Waals surface area (Å²) in [5.74, 6) is 0. The third-order valence-corrected chi connectivity index (χ3v) is 4.57. The Labute approximate surface area is 59.9 Å². The fraction of sp³-hybridized carbons (Fsp3) is 0. The standard InChI is InChI=1S/Hg.H2O4S2/c;1-6(2,3)4-5/h;5H,(H,1,2,3)/q+1;/p-1. The summed E-state index contributed by atoms with van der Waals surface area (Å²) in [6, 6.07) is 0. The zero-order chi connectivity index (χ0) is 5.91. The van der Waals surface area contributed by atoms with Crippen molar-refractivity contribution in [3.8, 4) is 0 Å². The topological polar surface area (TPSA) is 63.6 Å². The second-order valence-electron chi connectivity index (χ2n) is 0.614. The van der Waals surface area contributed by atoms with Crippen molar-refractivity contribution in [3.63, 3.8) is 0 Å². The molecule has 0 aliphatic carbocycles. The summed E-state index contributed by atoms with van der Waals surface area (Å²) in [4.78, 5) is 0. The molecule has 0 aromatic heterocycles. The molecular formula is HHgO4S2. The second-order valence-corrected chi connectivity index (χ2v) is 5.00. The average molecular weight is 330 g/mol. The first kappa shape index (κ1) is 8.16. The summed E-state index contributed by atoms with van der Waals surface area (Å²) in [5.41, 5.74) is 0. The summed E-state index contributed by atoms with van der Waals surface area (Å²) < 4.78 is 30.7. The van der Waals surface area contributed by atoms with Crippen molar-refractivity contribution < 1.29 is 41.2 Å². The van der Waals surface area contributed by atoms with E-state index in [1.165, 1.54) is 0 Å². The van der Waals surface area contributed by atoms with Crippen molar-refractivity contribution in [1.29, 1.82) is 0 Å². The molecule has 0 rings (SSSR count).